The van der Waals surface area contributed by atoms with Gasteiger partial charge in [-0.15, -0.1) is 0 Å². The third kappa shape index (κ3) is 4.41. The van der Waals surface area contributed by atoms with Gasteiger partial charge in [0, 0.05) is 23.0 Å². The van der Waals surface area contributed by atoms with Crippen LogP contribution in [0.4, 0.5) is 11.4 Å². The van der Waals surface area contributed by atoms with E-state index in [9.17, 15) is 10.1 Å². The maximum absolute atomic E-state index is 12.6. The van der Waals surface area contributed by atoms with E-state index in [0.29, 0.717) is 17.6 Å². The van der Waals surface area contributed by atoms with E-state index in [4.69, 9.17) is 0 Å². The van der Waals surface area contributed by atoms with Crippen LogP contribution in [-0.2, 0) is 4.79 Å². The second-order valence-corrected chi connectivity index (χ2v) is 9.19. The average Bonchev–Trinajstić information content (AvgIpc) is 2.65. The highest BCUT2D eigenvalue weighted by Crippen LogP contribution is 2.44. The number of hydrogen-bond donors (Lipinski definition) is 1. The van der Waals surface area contributed by atoms with Crippen molar-refractivity contribution in [1.29, 1.82) is 5.26 Å². The molecule has 0 fully saturated rings. The molecule has 0 saturated carbocycles. The quantitative estimate of drug-likeness (QED) is 0.502. The number of amides is 1. The summed E-state index contributed by atoms with van der Waals surface area (Å²) in [6, 6.07) is 16.3. The molecule has 0 aromatic heterocycles. The molecule has 1 aliphatic rings. The molecule has 0 unspecified atom stereocenters. The summed E-state index contributed by atoms with van der Waals surface area (Å²) < 4.78 is 0. The molecule has 2 aromatic carbocycles. The Bertz CT molecular complexity index is 1030. The Kier molecular flexibility index (Phi) is 6.03. The Labute approximate surface area is 180 Å². The standard InChI is InChI=1S/C26H31N3O/c1-17(2)29-24-11-10-20(14-23(24)19(4)15-26(29,5)6)13-21(16-27)25(30)28-22-9-7-8-18(3)12-22/h7-14,17,19H,15H2,1-6H3,(H,28,30)/b21-13-/t19-/m0/s1. The summed E-state index contributed by atoms with van der Waals surface area (Å²) in [4.78, 5) is 15.1. The van der Waals surface area contributed by atoms with Crippen molar-refractivity contribution in [2.24, 2.45) is 0 Å². The number of rotatable bonds is 4. The van der Waals surface area contributed by atoms with E-state index in [1.54, 1.807) is 6.08 Å². The van der Waals surface area contributed by atoms with Gasteiger partial charge < -0.3 is 10.2 Å². The number of benzene rings is 2. The first kappa shape index (κ1) is 21.6. The van der Waals surface area contributed by atoms with Crippen LogP contribution in [0.15, 0.2) is 48.0 Å². The van der Waals surface area contributed by atoms with E-state index in [1.807, 2.05) is 37.3 Å². The number of hydrogen-bond acceptors (Lipinski definition) is 3. The fourth-order valence-electron chi connectivity index (χ4n) is 4.77. The minimum absolute atomic E-state index is 0.0868. The first-order valence-electron chi connectivity index (χ1n) is 10.6. The molecule has 1 N–H and O–H groups in total. The minimum Gasteiger partial charge on any atom is -0.364 e. The Balaban J connectivity index is 1.92. The van der Waals surface area contributed by atoms with Crippen LogP contribution in [0.2, 0.25) is 0 Å². The highest BCUT2D eigenvalue weighted by atomic mass is 16.1. The summed E-state index contributed by atoms with van der Waals surface area (Å²) in [5.74, 6) is 0.0174. The van der Waals surface area contributed by atoms with Crippen molar-refractivity contribution in [2.75, 3.05) is 10.2 Å². The Morgan fingerprint density at radius 3 is 2.63 bits per heavy atom. The lowest BCUT2D eigenvalue weighted by Crippen LogP contribution is -2.51. The van der Waals surface area contributed by atoms with Gasteiger partial charge in [0.05, 0.1) is 0 Å². The lowest BCUT2D eigenvalue weighted by Gasteiger charge is -2.50. The number of nitrogens with zero attached hydrogens (tertiary/aromatic N) is 2. The van der Waals surface area contributed by atoms with Crippen molar-refractivity contribution in [3.05, 3.63) is 64.7 Å². The smallest absolute Gasteiger partial charge is 0.266 e. The number of carbonyl (C=O) groups excluding carboxylic acids is 1. The van der Waals surface area contributed by atoms with Crippen molar-refractivity contribution in [3.63, 3.8) is 0 Å². The number of fused-ring (bicyclic) bond motifs is 1. The molecule has 0 radical (unpaired) electrons. The summed E-state index contributed by atoms with van der Waals surface area (Å²) >= 11 is 0. The molecule has 0 bridgehead atoms. The first-order chi connectivity index (χ1) is 14.1. The molecule has 1 atom stereocenters. The summed E-state index contributed by atoms with van der Waals surface area (Å²) in [6.07, 6.45) is 2.74. The van der Waals surface area contributed by atoms with Crippen LogP contribution in [0.5, 0.6) is 0 Å². The summed E-state index contributed by atoms with van der Waals surface area (Å²) in [7, 11) is 0. The highest BCUT2D eigenvalue weighted by Gasteiger charge is 2.37. The van der Waals surface area contributed by atoms with Gasteiger partial charge in [0.15, 0.2) is 0 Å². The van der Waals surface area contributed by atoms with Gasteiger partial charge in [-0.05, 0) is 94.0 Å². The fraction of sp³-hybridized carbons (Fsp3) is 0.385. The van der Waals surface area contributed by atoms with Crippen molar-refractivity contribution in [1.82, 2.24) is 0 Å². The SMILES string of the molecule is Cc1cccc(NC(=O)/C(C#N)=C\c2ccc3c(c2)[C@@H](C)CC(C)(C)N3C(C)C)c1. The third-order valence-corrected chi connectivity index (χ3v) is 5.77. The van der Waals surface area contributed by atoms with Gasteiger partial charge in [-0.1, -0.05) is 25.1 Å². The highest BCUT2D eigenvalue weighted by molar-refractivity contribution is 6.09. The van der Waals surface area contributed by atoms with Gasteiger partial charge >= 0.3 is 0 Å². The van der Waals surface area contributed by atoms with Crippen LogP contribution < -0.4 is 10.2 Å². The second kappa shape index (κ2) is 8.36. The van der Waals surface area contributed by atoms with E-state index >= 15 is 0 Å². The Hall–Kier alpha value is -3.06. The van der Waals surface area contributed by atoms with E-state index in [1.165, 1.54) is 11.3 Å². The van der Waals surface area contributed by atoms with Crippen LogP contribution in [0.3, 0.4) is 0 Å². The van der Waals surface area contributed by atoms with Crippen LogP contribution in [0.1, 0.15) is 63.6 Å². The van der Waals surface area contributed by atoms with Crippen LogP contribution in [0, 0.1) is 18.3 Å². The van der Waals surface area contributed by atoms with Crippen molar-refractivity contribution in [2.45, 2.75) is 65.5 Å². The fourth-order valence-corrected chi connectivity index (χ4v) is 4.77. The molecule has 3 rings (SSSR count). The molecular weight excluding hydrogens is 370 g/mol. The average molecular weight is 402 g/mol. The molecule has 0 spiro atoms. The molecule has 30 heavy (non-hydrogen) atoms. The van der Waals surface area contributed by atoms with Gasteiger partial charge in [0.1, 0.15) is 11.6 Å². The molecule has 1 amide bonds. The minimum atomic E-state index is -0.390. The number of nitrogens with one attached hydrogen (secondary N) is 1. The monoisotopic (exact) mass is 401 g/mol. The Morgan fingerprint density at radius 1 is 1.27 bits per heavy atom. The summed E-state index contributed by atoms with van der Waals surface area (Å²) in [5, 5.41) is 12.4. The molecule has 156 valence electrons. The predicted octanol–water partition coefficient (Wildman–Crippen LogP) is 6.04. The van der Waals surface area contributed by atoms with Crippen LogP contribution in [0.25, 0.3) is 6.08 Å². The Morgan fingerprint density at radius 2 is 2.00 bits per heavy atom. The molecule has 1 heterocycles. The largest absolute Gasteiger partial charge is 0.364 e. The van der Waals surface area contributed by atoms with Gasteiger partial charge in [-0.25, -0.2) is 0 Å². The maximum atomic E-state index is 12.6. The number of carbonyl (C=O) groups is 1. The van der Waals surface area contributed by atoms with E-state index in [0.717, 1.165) is 17.5 Å². The van der Waals surface area contributed by atoms with Gasteiger partial charge in [0.2, 0.25) is 0 Å². The number of nitriles is 1. The van der Waals surface area contributed by atoms with Crippen molar-refractivity contribution >= 4 is 23.4 Å². The lowest BCUT2D eigenvalue weighted by molar-refractivity contribution is -0.112. The van der Waals surface area contributed by atoms with Crippen molar-refractivity contribution in [3.8, 4) is 6.07 Å². The molecule has 2 aromatic rings. The van der Waals surface area contributed by atoms with Gasteiger partial charge in [-0.2, -0.15) is 5.26 Å². The summed E-state index contributed by atoms with van der Waals surface area (Å²) in [6.45, 7) is 13.2. The predicted molar refractivity (Wildman–Crippen MR) is 125 cm³/mol. The van der Waals surface area contributed by atoms with E-state index < -0.39 is 0 Å². The molecule has 4 nitrogen and oxygen atoms in total. The molecular formula is C26H31N3O. The van der Waals surface area contributed by atoms with Crippen LogP contribution in [-0.4, -0.2) is 17.5 Å². The van der Waals surface area contributed by atoms with Gasteiger partial charge in [-0.3, -0.25) is 4.79 Å². The summed E-state index contributed by atoms with van der Waals surface area (Å²) in [5.41, 5.74) is 5.32. The van der Waals surface area contributed by atoms with E-state index in [2.05, 4.69) is 63.0 Å². The van der Waals surface area contributed by atoms with Crippen molar-refractivity contribution < 1.29 is 4.79 Å². The van der Waals surface area contributed by atoms with Crippen LogP contribution >= 0.6 is 0 Å². The zero-order chi connectivity index (χ0) is 22.1. The molecule has 1 aliphatic heterocycles. The second-order valence-electron chi connectivity index (χ2n) is 9.19. The molecule has 0 saturated heterocycles. The van der Waals surface area contributed by atoms with Gasteiger partial charge in [0.25, 0.3) is 5.91 Å². The topological polar surface area (TPSA) is 56.1 Å². The lowest BCUT2D eigenvalue weighted by atomic mass is 9.79. The van der Waals surface area contributed by atoms with E-state index in [-0.39, 0.29) is 17.0 Å². The zero-order valence-electron chi connectivity index (χ0n) is 18.8. The normalized spacial score (nSPS) is 18.0. The maximum Gasteiger partial charge on any atom is 0.266 e. The molecule has 4 heteroatoms. The molecule has 0 aliphatic carbocycles. The zero-order valence-corrected chi connectivity index (χ0v) is 18.8. The number of aryl methyl sites for hydroxylation is 1. The number of anilines is 2. The first-order valence-corrected chi connectivity index (χ1v) is 10.6. The third-order valence-electron chi connectivity index (χ3n) is 5.77.